The number of pyridine rings is 1. The Labute approximate surface area is 103 Å². The number of halogens is 1. The van der Waals surface area contributed by atoms with Crippen molar-refractivity contribution in [2.45, 2.75) is 6.92 Å². The number of nitriles is 1. The van der Waals surface area contributed by atoms with Gasteiger partial charge in [-0.15, -0.1) is 0 Å². The lowest BCUT2D eigenvalue weighted by atomic mass is 10.2. The number of nitrogen functional groups attached to an aromatic ring is 1. The Hall–Kier alpha value is -2.61. The van der Waals surface area contributed by atoms with Gasteiger partial charge in [-0.1, -0.05) is 6.07 Å². The fourth-order valence-corrected chi connectivity index (χ4v) is 1.42. The predicted octanol–water partition coefficient (Wildman–Crippen LogP) is 2.78. The molecule has 1 aromatic heterocycles. The molecule has 0 bridgehead atoms. The Morgan fingerprint density at radius 2 is 2.11 bits per heavy atom. The standard InChI is InChI=1S/C13H10FN3O/c1-8-11(16)5-6-13(17-8)18-12-4-2-3-10(14)9(12)7-15/h2-6H,16H2,1H3. The summed E-state index contributed by atoms with van der Waals surface area (Å²) in [6.07, 6.45) is 0. The van der Waals surface area contributed by atoms with E-state index in [-0.39, 0.29) is 17.2 Å². The average Bonchev–Trinajstić information content (AvgIpc) is 2.34. The molecule has 0 fully saturated rings. The Morgan fingerprint density at radius 1 is 1.33 bits per heavy atom. The monoisotopic (exact) mass is 243 g/mol. The molecular formula is C13H10FN3O. The van der Waals surface area contributed by atoms with Gasteiger partial charge in [-0.2, -0.15) is 5.26 Å². The largest absolute Gasteiger partial charge is 0.438 e. The van der Waals surface area contributed by atoms with E-state index in [0.29, 0.717) is 11.4 Å². The number of rotatable bonds is 2. The summed E-state index contributed by atoms with van der Waals surface area (Å²) in [5.41, 5.74) is 6.64. The minimum Gasteiger partial charge on any atom is -0.438 e. The van der Waals surface area contributed by atoms with Crippen molar-refractivity contribution in [3.8, 4) is 17.7 Å². The number of aryl methyl sites for hydroxylation is 1. The molecule has 0 saturated heterocycles. The van der Waals surface area contributed by atoms with Crippen LogP contribution in [-0.2, 0) is 0 Å². The highest BCUT2D eigenvalue weighted by Gasteiger charge is 2.10. The van der Waals surface area contributed by atoms with Gasteiger partial charge in [0.25, 0.3) is 0 Å². The van der Waals surface area contributed by atoms with Crippen LogP contribution in [0.4, 0.5) is 10.1 Å². The number of hydrogen-bond donors (Lipinski definition) is 1. The van der Waals surface area contributed by atoms with E-state index in [9.17, 15) is 4.39 Å². The van der Waals surface area contributed by atoms with Crippen LogP contribution >= 0.6 is 0 Å². The smallest absolute Gasteiger partial charge is 0.219 e. The molecule has 2 N–H and O–H groups in total. The van der Waals surface area contributed by atoms with Crippen LogP contribution in [-0.4, -0.2) is 4.98 Å². The first-order valence-corrected chi connectivity index (χ1v) is 5.21. The van der Waals surface area contributed by atoms with Crippen LogP contribution in [0, 0.1) is 24.1 Å². The van der Waals surface area contributed by atoms with Crippen molar-refractivity contribution in [1.29, 1.82) is 5.26 Å². The van der Waals surface area contributed by atoms with E-state index in [0.717, 1.165) is 0 Å². The minimum absolute atomic E-state index is 0.133. The lowest BCUT2D eigenvalue weighted by Crippen LogP contribution is -1.97. The maximum atomic E-state index is 13.4. The van der Waals surface area contributed by atoms with Crippen molar-refractivity contribution in [2.75, 3.05) is 5.73 Å². The SMILES string of the molecule is Cc1nc(Oc2cccc(F)c2C#N)ccc1N. The van der Waals surface area contributed by atoms with E-state index in [1.165, 1.54) is 18.2 Å². The summed E-state index contributed by atoms with van der Waals surface area (Å²) < 4.78 is 18.7. The van der Waals surface area contributed by atoms with Crippen LogP contribution in [0.25, 0.3) is 0 Å². The first kappa shape index (κ1) is 11.9. The highest BCUT2D eigenvalue weighted by atomic mass is 19.1. The lowest BCUT2D eigenvalue weighted by molar-refractivity contribution is 0.455. The Balaban J connectivity index is 2.37. The predicted molar refractivity (Wildman–Crippen MR) is 64.6 cm³/mol. The Kier molecular flexibility index (Phi) is 3.11. The molecule has 1 heterocycles. The van der Waals surface area contributed by atoms with E-state index in [1.54, 1.807) is 25.1 Å². The van der Waals surface area contributed by atoms with Crippen LogP contribution < -0.4 is 10.5 Å². The molecule has 0 amide bonds. The van der Waals surface area contributed by atoms with E-state index in [2.05, 4.69) is 4.98 Å². The Bertz CT molecular complexity index is 635. The normalized spacial score (nSPS) is 9.83. The molecule has 0 aliphatic rings. The average molecular weight is 243 g/mol. The zero-order valence-corrected chi connectivity index (χ0v) is 9.64. The van der Waals surface area contributed by atoms with Gasteiger partial charge >= 0.3 is 0 Å². The molecule has 18 heavy (non-hydrogen) atoms. The maximum Gasteiger partial charge on any atom is 0.219 e. The molecule has 0 aliphatic heterocycles. The van der Waals surface area contributed by atoms with Crippen molar-refractivity contribution in [3.05, 3.63) is 47.4 Å². The van der Waals surface area contributed by atoms with Gasteiger partial charge in [0.2, 0.25) is 5.88 Å². The fourth-order valence-electron chi connectivity index (χ4n) is 1.42. The van der Waals surface area contributed by atoms with Crippen molar-refractivity contribution in [2.24, 2.45) is 0 Å². The zero-order chi connectivity index (χ0) is 13.1. The highest BCUT2D eigenvalue weighted by Crippen LogP contribution is 2.26. The second-order valence-electron chi connectivity index (χ2n) is 3.65. The molecule has 2 rings (SSSR count). The second-order valence-corrected chi connectivity index (χ2v) is 3.65. The van der Waals surface area contributed by atoms with Crippen molar-refractivity contribution >= 4 is 5.69 Å². The Morgan fingerprint density at radius 3 is 2.78 bits per heavy atom. The van der Waals surface area contributed by atoms with Crippen LogP contribution in [0.2, 0.25) is 0 Å². The number of ether oxygens (including phenoxy) is 1. The van der Waals surface area contributed by atoms with Gasteiger partial charge in [-0.05, 0) is 25.1 Å². The van der Waals surface area contributed by atoms with Gasteiger partial charge in [0, 0.05) is 6.07 Å². The molecule has 90 valence electrons. The van der Waals surface area contributed by atoms with Gasteiger partial charge in [-0.3, -0.25) is 0 Å². The quantitative estimate of drug-likeness (QED) is 0.880. The van der Waals surface area contributed by atoms with Crippen LogP contribution in [0.15, 0.2) is 30.3 Å². The molecule has 0 saturated carbocycles. The molecule has 1 aromatic carbocycles. The van der Waals surface area contributed by atoms with Crippen molar-refractivity contribution < 1.29 is 9.13 Å². The number of benzene rings is 1. The molecule has 2 aromatic rings. The third kappa shape index (κ3) is 2.23. The fraction of sp³-hybridized carbons (Fsp3) is 0.0769. The second kappa shape index (κ2) is 4.72. The summed E-state index contributed by atoms with van der Waals surface area (Å²) in [7, 11) is 0. The van der Waals surface area contributed by atoms with Gasteiger partial charge in [0.15, 0.2) is 0 Å². The van der Waals surface area contributed by atoms with Gasteiger partial charge in [0.1, 0.15) is 23.2 Å². The molecule has 0 spiro atoms. The summed E-state index contributed by atoms with van der Waals surface area (Å²) in [4.78, 5) is 4.09. The van der Waals surface area contributed by atoms with E-state index < -0.39 is 5.82 Å². The van der Waals surface area contributed by atoms with Crippen molar-refractivity contribution in [3.63, 3.8) is 0 Å². The number of hydrogen-bond acceptors (Lipinski definition) is 4. The third-order valence-corrected chi connectivity index (χ3v) is 2.40. The van der Waals surface area contributed by atoms with E-state index in [4.69, 9.17) is 15.7 Å². The number of anilines is 1. The van der Waals surface area contributed by atoms with Crippen LogP contribution in [0.1, 0.15) is 11.3 Å². The zero-order valence-electron chi connectivity index (χ0n) is 9.64. The lowest BCUT2D eigenvalue weighted by Gasteiger charge is -2.08. The highest BCUT2D eigenvalue weighted by molar-refractivity contribution is 5.47. The van der Waals surface area contributed by atoms with Crippen molar-refractivity contribution in [1.82, 2.24) is 4.98 Å². The van der Waals surface area contributed by atoms with Gasteiger partial charge < -0.3 is 10.5 Å². The van der Waals surface area contributed by atoms with Gasteiger partial charge in [0.05, 0.1) is 11.4 Å². The third-order valence-electron chi connectivity index (χ3n) is 2.40. The van der Waals surface area contributed by atoms with E-state index in [1.807, 2.05) is 0 Å². The summed E-state index contributed by atoms with van der Waals surface area (Å²) in [6.45, 7) is 1.74. The van der Waals surface area contributed by atoms with E-state index >= 15 is 0 Å². The first-order chi connectivity index (χ1) is 8.61. The van der Waals surface area contributed by atoms with Gasteiger partial charge in [-0.25, -0.2) is 9.37 Å². The summed E-state index contributed by atoms with van der Waals surface area (Å²) in [5, 5.41) is 8.87. The summed E-state index contributed by atoms with van der Waals surface area (Å²) >= 11 is 0. The molecule has 0 radical (unpaired) electrons. The first-order valence-electron chi connectivity index (χ1n) is 5.21. The number of nitrogens with two attached hydrogens (primary N) is 1. The maximum absolute atomic E-state index is 13.4. The molecule has 0 atom stereocenters. The summed E-state index contributed by atoms with van der Waals surface area (Å²) in [6, 6.07) is 9.14. The van der Waals surface area contributed by atoms with Crippen LogP contribution in [0.5, 0.6) is 11.6 Å². The topological polar surface area (TPSA) is 71.9 Å². The molecule has 4 nitrogen and oxygen atoms in total. The molecule has 0 aliphatic carbocycles. The number of aromatic nitrogens is 1. The number of nitrogens with zero attached hydrogens (tertiary/aromatic N) is 2. The molecular weight excluding hydrogens is 233 g/mol. The summed E-state index contributed by atoms with van der Waals surface area (Å²) in [5.74, 6) is -0.222. The molecule has 5 heteroatoms. The van der Waals surface area contributed by atoms with Crippen LogP contribution in [0.3, 0.4) is 0 Å². The minimum atomic E-state index is -0.623. The molecule has 0 unspecified atom stereocenters.